The van der Waals surface area contributed by atoms with Gasteiger partial charge in [-0.15, -0.1) is 0 Å². The van der Waals surface area contributed by atoms with Gasteiger partial charge in [0.1, 0.15) is 28.7 Å². The average Bonchev–Trinajstić information content (AvgIpc) is 3.18. The minimum Gasteiger partial charge on any atom is -0.497 e. The molecule has 33 heavy (non-hydrogen) atoms. The number of benzene rings is 1. The summed E-state index contributed by atoms with van der Waals surface area (Å²) in [7, 11) is 1.66. The van der Waals surface area contributed by atoms with Crippen molar-refractivity contribution in [2.24, 2.45) is 0 Å². The molecule has 4 heterocycles. The molecule has 1 aliphatic rings. The maximum absolute atomic E-state index is 6.19. The molecule has 4 aromatic rings. The van der Waals surface area contributed by atoms with E-state index in [4.69, 9.17) is 31.2 Å². The smallest absolute Gasteiger partial charge is 0.138 e. The van der Waals surface area contributed by atoms with Crippen LogP contribution in [0.4, 0.5) is 5.82 Å². The molecule has 1 aromatic carbocycles. The number of nitrogens with zero attached hydrogens (tertiary/aromatic N) is 5. The van der Waals surface area contributed by atoms with Crippen LogP contribution in [0.2, 0.25) is 5.15 Å². The van der Waals surface area contributed by atoms with Crippen LogP contribution in [-0.4, -0.2) is 51.1 Å². The van der Waals surface area contributed by atoms with Crippen LogP contribution in [0.15, 0.2) is 42.7 Å². The summed E-state index contributed by atoms with van der Waals surface area (Å²) in [6, 6.07) is 12.1. The van der Waals surface area contributed by atoms with Crippen LogP contribution in [0.3, 0.4) is 0 Å². The zero-order valence-electron chi connectivity index (χ0n) is 18.6. The van der Waals surface area contributed by atoms with E-state index >= 15 is 0 Å². The third kappa shape index (κ3) is 4.62. The number of fused-ring (bicyclic) bond motifs is 1. The van der Waals surface area contributed by atoms with Crippen LogP contribution in [0.1, 0.15) is 24.1 Å². The number of anilines is 1. The number of hydrogen-bond acceptors (Lipinski definition) is 7. The van der Waals surface area contributed by atoms with Crippen molar-refractivity contribution in [2.45, 2.75) is 32.4 Å². The van der Waals surface area contributed by atoms with Gasteiger partial charge in [-0.3, -0.25) is 4.68 Å². The molecule has 9 heteroatoms. The van der Waals surface area contributed by atoms with Gasteiger partial charge in [-0.1, -0.05) is 23.7 Å². The first-order chi connectivity index (χ1) is 16.1. The maximum atomic E-state index is 6.19. The van der Waals surface area contributed by atoms with Crippen LogP contribution < -0.4 is 10.1 Å². The van der Waals surface area contributed by atoms with Gasteiger partial charge < -0.3 is 14.8 Å². The highest BCUT2D eigenvalue weighted by Crippen LogP contribution is 2.34. The summed E-state index contributed by atoms with van der Waals surface area (Å²) in [4.78, 5) is 13.3. The number of aryl methyl sites for hydroxylation is 1. The lowest BCUT2D eigenvalue weighted by Crippen LogP contribution is -2.28. The average molecular weight is 465 g/mol. The van der Waals surface area contributed by atoms with Gasteiger partial charge in [-0.25, -0.2) is 15.0 Å². The van der Waals surface area contributed by atoms with Crippen molar-refractivity contribution in [3.63, 3.8) is 0 Å². The quantitative estimate of drug-likeness (QED) is 0.420. The molecule has 0 unspecified atom stereocenters. The summed E-state index contributed by atoms with van der Waals surface area (Å²) in [5, 5.41) is 9.91. The van der Waals surface area contributed by atoms with E-state index in [9.17, 15) is 0 Å². The van der Waals surface area contributed by atoms with Crippen LogP contribution in [0.5, 0.6) is 5.75 Å². The number of hydrogen-bond donors (Lipinski definition) is 1. The van der Waals surface area contributed by atoms with E-state index in [-0.39, 0.29) is 0 Å². The number of pyridine rings is 1. The summed E-state index contributed by atoms with van der Waals surface area (Å²) in [5.74, 6) is 1.63. The third-order valence-corrected chi connectivity index (χ3v) is 6.00. The van der Waals surface area contributed by atoms with Gasteiger partial charge in [0, 0.05) is 31.0 Å². The Hall–Kier alpha value is -3.23. The monoisotopic (exact) mass is 464 g/mol. The molecule has 1 fully saturated rings. The molecular formula is C24H25ClN6O2. The number of halogens is 1. The van der Waals surface area contributed by atoms with E-state index in [1.54, 1.807) is 13.2 Å². The third-order valence-electron chi connectivity index (χ3n) is 5.79. The van der Waals surface area contributed by atoms with Crippen LogP contribution >= 0.6 is 11.6 Å². The predicted octanol–water partition coefficient (Wildman–Crippen LogP) is 4.50. The molecule has 1 saturated heterocycles. The highest BCUT2D eigenvalue weighted by Gasteiger charge is 2.22. The van der Waals surface area contributed by atoms with Gasteiger partial charge in [-0.2, -0.15) is 5.10 Å². The number of rotatable bonds is 6. The topological polar surface area (TPSA) is 87.0 Å². The lowest BCUT2D eigenvalue weighted by molar-refractivity contribution is 0.0904. The van der Waals surface area contributed by atoms with Gasteiger partial charge in [0.25, 0.3) is 0 Å². The lowest BCUT2D eigenvalue weighted by Gasteiger charge is -2.24. The zero-order chi connectivity index (χ0) is 22.8. The van der Waals surface area contributed by atoms with Crippen molar-refractivity contribution in [2.75, 3.05) is 25.6 Å². The molecule has 3 aromatic heterocycles. The zero-order valence-corrected chi connectivity index (χ0v) is 19.3. The lowest BCUT2D eigenvalue weighted by atomic mass is 10.1. The second kappa shape index (κ2) is 9.33. The fourth-order valence-electron chi connectivity index (χ4n) is 4.12. The van der Waals surface area contributed by atoms with Crippen molar-refractivity contribution in [3.8, 4) is 17.1 Å². The fraction of sp³-hybridized carbons (Fsp3) is 0.333. The first kappa shape index (κ1) is 21.6. The molecule has 0 aliphatic carbocycles. The summed E-state index contributed by atoms with van der Waals surface area (Å²) in [6.07, 6.45) is 3.33. The van der Waals surface area contributed by atoms with Gasteiger partial charge >= 0.3 is 0 Å². The van der Waals surface area contributed by atoms with Crippen molar-refractivity contribution in [3.05, 3.63) is 59.1 Å². The van der Waals surface area contributed by atoms with E-state index in [2.05, 4.69) is 21.4 Å². The van der Waals surface area contributed by atoms with Gasteiger partial charge in [-0.05, 0) is 43.5 Å². The predicted molar refractivity (Wildman–Crippen MR) is 128 cm³/mol. The van der Waals surface area contributed by atoms with Gasteiger partial charge in [0.15, 0.2) is 0 Å². The Balaban J connectivity index is 1.63. The SMILES string of the molecule is COc1ccc(Cn2nc(-c3cc(Cl)ncn3)c3c(NC4CCOCC4)nc(C)cc32)cc1. The number of nitrogens with one attached hydrogen (secondary N) is 1. The summed E-state index contributed by atoms with van der Waals surface area (Å²) >= 11 is 6.19. The molecular weight excluding hydrogens is 440 g/mol. The van der Waals surface area contributed by atoms with Crippen molar-refractivity contribution in [1.29, 1.82) is 0 Å². The molecule has 1 aliphatic heterocycles. The van der Waals surface area contributed by atoms with Crippen molar-refractivity contribution in [1.82, 2.24) is 24.7 Å². The van der Waals surface area contributed by atoms with E-state index in [0.29, 0.717) is 23.4 Å². The Bertz CT molecular complexity index is 1270. The molecule has 0 amide bonds. The van der Waals surface area contributed by atoms with E-state index in [0.717, 1.165) is 65.5 Å². The number of aromatic nitrogens is 5. The molecule has 0 bridgehead atoms. The van der Waals surface area contributed by atoms with Crippen LogP contribution in [0.25, 0.3) is 22.3 Å². The fourth-order valence-corrected chi connectivity index (χ4v) is 4.27. The van der Waals surface area contributed by atoms with Crippen molar-refractivity contribution >= 4 is 28.3 Å². The highest BCUT2D eigenvalue weighted by molar-refractivity contribution is 6.29. The van der Waals surface area contributed by atoms with E-state index in [1.165, 1.54) is 6.33 Å². The Morgan fingerprint density at radius 2 is 1.94 bits per heavy atom. The molecule has 5 rings (SSSR count). The summed E-state index contributed by atoms with van der Waals surface area (Å²) in [5.41, 5.74) is 4.40. The molecule has 170 valence electrons. The Morgan fingerprint density at radius 3 is 2.67 bits per heavy atom. The molecule has 0 radical (unpaired) electrons. The number of ether oxygens (including phenoxy) is 2. The Labute approximate surface area is 196 Å². The second-order valence-electron chi connectivity index (χ2n) is 8.12. The molecule has 8 nitrogen and oxygen atoms in total. The molecule has 0 saturated carbocycles. The minimum atomic E-state index is 0.294. The van der Waals surface area contributed by atoms with Gasteiger partial charge in [0.05, 0.1) is 30.3 Å². The minimum absolute atomic E-state index is 0.294. The second-order valence-corrected chi connectivity index (χ2v) is 8.50. The largest absolute Gasteiger partial charge is 0.497 e. The van der Waals surface area contributed by atoms with Crippen LogP contribution in [0, 0.1) is 6.92 Å². The van der Waals surface area contributed by atoms with E-state index < -0.39 is 0 Å². The molecule has 0 atom stereocenters. The first-order valence-corrected chi connectivity index (χ1v) is 11.3. The first-order valence-electron chi connectivity index (χ1n) is 10.9. The maximum Gasteiger partial charge on any atom is 0.138 e. The standard InChI is InChI=1S/C24H25ClN6O2/c1-15-11-20-22(24(28-15)29-17-7-9-33-10-8-17)23(19-12-21(25)27-14-26-19)30-31(20)13-16-3-5-18(32-2)6-4-16/h3-6,11-12,14,17H,7-10,13H2,1-2H3,(H,28,29). The van der Waals surface area contributed by atoms with Crippen LogP contribution in [-0.2, 0) is 11.3 Å². The van der Waals surface area contributed by atoms with Crippen molar-refractivity contribution < 1.29 is 9.47 Å². The van der Waals surface area contributed by atoms with Gasteiger partial charge in [0.2, 0.25) is 0 Å². The Kier molecular flexibility index (Phi) is 6.11. The molecule has 0 spiro atoms. The Morgan fingerprint density at radius 1 is 1.15 bits per heavy atom. The normalized spacial score (nSPS) is 14.5. The molecule has 1 N–H and O–H groups in total. The number of methoxy groups -OCH3 is 1. The summed E-state index contributed by atoms with van der Waals surface area (Å²) in [6.45, 7) is 4.09. The van der Waals surface area contributed by atoms with E-state index in [1.807, 2.05) is 35.9 Å². The summed E-state index contributed by atoms with van der Waals surface area (Å²) < 4.78 is 12.8. The highest BCUT2D eigenvalue weighted by atomic mass is 35.5.